The molecule has 1 atom stereocenters. The van der Waals surface area contributed by atoms with Crippen molar-refractivity contribution < 1.29 is 9.53 Å². The summed E-state index contributed by atoms with van der Waals surface area (Å²) in [6.45, 7) is 3.06. The third-order valence-electron chi connectivity index (χ3n) is 2.81. The third kappa shape index (κ3) is 4.47. The lowest BCUT2D eigenvalue weighted by Crippen LogP contribution is -2.40. The van der Waals surface area contributed by atoms with Gasteiger partial charge in [-0.1, -0.05) is 37.6 Å². The molecule has 4 heteroatoms. The van der Waals surface area contributed by atoms with Crippen LogP contribution in [0.25, 0.3) is 0 Å². The highest BCUT2D eigenvalue weighted by Crippen LogP contribution is 2.09. The van der Waals surface area contributed by atoms with E-state index in [1.54, 1.807) is 7.11 Å². The molecule has 1 rings (SSSR count). The van der Waals surface area contributed by atoms with Gasteiger partial charge in [0.1, 0.15) is 0 Å². The lowest BCUT2D eigenvalue weighted by molar-refractivity contribution is -0.122. The summed E-state index contributed by atoms with van der Waals surface area (Å²) < 4.78 is 5.12. The second-order valence-corrected chi connectivity index (χ2v) is 4.31. The van der Waals surface area contributed by atoms with Gasteiger partial charge >= 0.3 is 0 Å². The van der Waals surface area contributed by atoms with Gasteiger partial charge in [-0.2, -0.15) is 0 Å². The number of nitrogens with two attached hydrogens (primary N) is 1. The molecule has 0 radical (unpaired) electrons. The average Bonchev–Trinajstić information content (AvgIpc) is 2.38. The van der Waals surface area contributed by atoms with Crippen molar-refractivity contribution in [2.45, 2.75) is 39.0 Å². The summed E-state index contributed by atoms with van der Waals surface area (Å²) in [5.41, 5.74) is 7.91. The Labute approximate surface area is 109 Å². The molecule has 1 unspecified atom stereocenters. The van der Waals surface area contributed by atoms with Gasteiger partial charge in [-0.05, 0) is 17.5 Å². The number of amides is 1. The van der Waals surface area contributed by atoms with Gasteiger partial charge in [0.2, 0.25) is 5.91 Å². The largest absolute Gasteiger partial charge is 0.380 e. The maximum absolute atomic E-state index is 11.7. The molecule has 0 bridgehead atoms. The van der Waals surface area contributed by atoms with Crippen molar-refractivity contribution in [2.24, 2.45) is 5.73 Å². The van der Waals surface area contributed by atoms with Crippen LogP contribution in [0.4, 0.5) is 0 Å². The molecule has 4 nitrogen and oxygen atoms in total. The van der Waals surface area contributed by atoms with E-state index in [-0.39, 0.29) is 5.91 Å². The highest BCUT2D eigenvalue weighted by Gasteiger charge is 2.12. The minimum absolute atomic E-state index is 0.0935. The topological polar surface area (TPSA) is 64.4 Å². The first-order chi connectivity index (χ1) is 8.69. The van der Waals surface area contributed by atoms with E-state index in [0.29, 0.717) is 19.6 Å². The highest BCUT2D eigenvalue weighted by molar-refractivity contribution is 5.81. The number of methoxy groups -OCH3 is 1. The first kappa shape index (κ1) is 14.7. The highest BCUT2D eigenvalue weighted by atomic mass is 16.5. The lowest BCUT2D eigenvalue weighted by Gasteiger charge is -2.13. The van der Waals surface area contributed by atoms with Gasteiger partial charge in [-0.25, -0.2) is 0 Å². The number of nitrogens with one attached hydrogen (secondary N) is 1. The molecule has 3 N–H and O–H groups in total. The summed E-state index contributed by atoms with van der Waals surface area (Å²) in [5, 5.41) is 2.86. The molecule has 0 spiro atoms. The molecule has 18 heavy (non-hydrogen) atoms. The predicted octanol–water partition coefficient (Wildman–Crippen LogP) is 1.58. The van der Waals surface area contributed by atoms with Crippen molar-refractivity contribution in [3.8, 4) is 0 Å². The third-order valence-corrected chi connectivity index (χ3v) is 2.81. The Balaban J connectivity index is 2.55. The van der Waals surface area contributed by atoms with Crippen LogP contribution in [0.3, 0.4) is 0 Å². The smallest absolute Gasteiger partial charge is 0.237 e. The minimum atomic E-state index is -0.412. The Bertz CT molecular complexity index is 380. The van der Waals surface area contributed by atoms with E-state index in [0.717, 1.165) is 17.5 Å². The Kier molecular flexibility index (Phi) is 6.39. The number of carbonyl (C=O) groups excluding carboxylic acids is 1. The fourth-order valence-corrected chi connectivity index (χ4v) is 1.78. The predicted molar refractivity (Wildman–Crippen MR) is 71.9 cm³/mol. The van der Waals surface area contributed by atoms with Crippen LogP contribution < -0.4 is 11.1 Å². The normalized spacial score (nSPS) is 12.2. The SMILES string of the molecule is CCCC(N)C(=O)NCc1ccccc1COC. The van der Waals surface area contributed by atoms with Gasteiger partial charge in [-0.3, -0.25) is 4.79 Å². The average molecular weight is 250 g/mol. The summed E-state index contributed by atoms with van der Waals surface area (Å²) >= 11 is 0. The zero-order chi connectivity index (χ0) is 13.4. The molecule has 0 aliphatic heterocycles. The van der Waals surface area contributed by atoms with Crippen molar-refractivity contribution in [3.63, 3.8) is 0 Å². The first-order valence-electron chi connectivity index (χ1n) is 6.28. The van der Waals surface area contributed by atoms with Crippen molar-refractivity contribution >= 4 is 5.91 Å². The molecule has 1 aromatic rings. The standard InChI is InChI=1S/C14H22N2O2/c1-3-6-13(15)14(17)16-9-11-7-4-5-8-12(11)10-18-2/h4-5,7-8,13H,3,6,9-10,15H2,1-2H3,(H,16,17). The van der Waals surface area contributed by atoms with Gasteiger partial charge in [-0.15, -0.1) is 0 Å². The van der Waals surface area contributed by atoms with Crippen LogP contribution in [0.2, 0.25) is 0 Å². The van der Waals surface area contributed by atoms with E-state index < -0.39 is 6.04 Å². The van der Waals surface area contributed by atoms with Crippen LogP contribution in [0.1, 0.15) is 30.9 Å². The lowest BCUT2D eigenvalue weighted by atomic mass is 10.1. The summed E-state index contributed by atoms with van der Waals surface area (Å²) in [7, 11) is 1.66. The zero-order valence-electron chi connectivity index (χ0n) is 11.1. The van der Waals surface area contributed by atoms with Crippen LogP contribution in [-0.4, -0.2) is 19.1 Å². The number of benzene rings is 1. The van der Waals surface area contributed by atoms with E-state index in [1.807, 2.05) is 31.2 Å². The van der Waals surface area contributed by atoms with Crippen molar-refractivity contribution in [2.75, 3.05) is 7.11 Å². The number of hydrogen-bond acceptors (Lipinski definition) is 3. The number of rotatable bonds is 7. The molecule has 0 heterocycles. The molecule has 0 fully saturated rings. The van der Waals surface area contributed by atoms with Gasteiger partial charge in [0, 0.05) is 13.7 Å². The zero-order valence-corrected chi connectivity index (χ0v) is 11.1. The quantitative estimate of drug-likeness (QED) is 0.772. The molecular formula is C14H22N2O2. The van der Waals surface area contributed by atoms with E-state index in [4.69, 9.17) is 10.5 Å². The molecule has 1 aromatic carbocycles. The van der Waals surface area contributed by atoms with Gasteiger partial charge in [0.15, 0.2) is 0 Å². The molecule has 100 valence electrons. The molecule has 0 aliphatic carbocycles. The van der Waals surface area contributed by atoms with Crippen LogP contribution in [0, 0.1) is 0 Å². The van der Waals surface area contributed by atoms with E-state index in [9.17, 15) is 4.79 Å². The van der Waals surface area contributed by atoms with E-state index in [1.165, 1.54) is 0 Å². The van der Waals surface area contributed by atoms with Crippen LogP contribution in [-0.2, 0) is 22.7 Å². The number of ether oxygens (including phenoxy) is 1. The Hall–Kier alpha value is -1.39. The van der Waals surface area contributed by atoms with Crippen molar-refractivity contribution in [3.05, 3.63) is 35.4 Å². The van der Waals surface area contributed by atoms with Crippen LogP contribution in [0.15, 0.2) is 24.3 Å². The molecule has 0 saturated carbocycles. The van der Waals surface area contributed by atoms with Gasteiger partial charge in [0.05, 0.1) is 12.6 Å². The Morgan fingerprint density at radius 1 is 1.39 bits per heavy atom. The van der Waals surface area contributed by atoms with E-state index >= 15 is 0 Å². The van der Waals surface area contributed by atoms with Crippen LogP contribution in [0.5, 0.6) is 0 Å². The summed E-state index contributed by atoms with van der Waals surface area (Å²) in [4.78, 5) is 11.7. The number of hydrogen-bond donors (Lipinski definition) is 2. The van der Waals surface area contributed by atoms with Crippen LogP contribution >= 0.6 is 0 Å². The van der Waals surface area contributed by atoms with Crippen molar-refractivity contribution in [1.29, 1.82) is 0 Å². The number of carbonyl (C=O) groups is 1. The molecule has 0 saturated heterocycles. The summed E-state index contributed by atoms with van der Waals surface area (Å²) in [6, 6.07) is 7.48. The molecular weight excluding hydrogens is 228 g/mol. The van der Waals surface area contributed by atoms with Crippen molar-refractivity contribution in [1.82, 2.24) is 5.32 Å². The molecule has 1 amide bonds. The van der Waals surface area contributed by atoms with Gasteiger partial charge in [0.25, 0.3) is 0 Å². The summed E-state index contributed by atoms with van der Waals surface area (Å²) in [6.07, 6.45) is 1.63. The minimum Gasteiger partial charge on any atom is -0.380 e. The maximum Gasteiger partial charge on any atom is 0.237 e. The second kappa shape index (κ2) is 7.84. The fraction of sp³-hybridized carbons (Fsp3) is 0.500. The first-order valence-corrected chi connectivity index (χ1v) is 6.28. The second-order valence-electron chi connectivity index (χ2n) is 4.31. The van der Waals surface area contributed by atoms with Gasteiger partial charge < -0.3 is 15.8 Å². The monoisotopic (exact) mass is 250 g/mol. The fourth-order valence-electron chi connectivity index (χ4n) is 1.78. The Morgan fingerprint density at radius 2 is 2.06 bits per heavy atom. The maximum atomic E-state index is 11.7. The molecule has 0 aromatic heterocycles. The molecule has 0 aliphatic rings. The Morgan fingerprint density at radius 3 is 2.67 bits per heavy atom. The summed E-state index contributed by atoms with van der Waals surface area (Å²) in [5.74, 6) is -0.0935. The van der Waals surface area contributed by atoms with E-state index in [2.05, 4.69) is 5.32 Å².